The van der Waals surface area contributed by atoms with Gasteiger partial charge in [-0.25, -0.2) is 0 Å². The van der Waals surface area contributed by atoms with E-state index in [9.17, 15) is 10.1 Å². The van der Waals surface area contributed by atoms with Gasteiger partial charge in [0.25, 0.3) is 5.69 Å². The predicted molar refractivity (Wildman–Crippen MR) is 89.8 cm³/mol. The number of non-ortho nitro benzene ring substituents is 1. The number of morpholine rings is 1. The maximum Gasteiger partial charge on any atom is 0.269 e. The number of benzene rings is 2. The third-order valence-corrected chi connectivity index (χ3v) is 3.69. The summed E-state index contributed by atoms with van der Waals surface area (Å²) in [5, 5.41) is 10.6. The third kappa shape index (κ3) is 3.92. The summed E-state index contributed by atoms with van der Waals surface area (Å²) in [6.07, 6.45) is 1.70. The Bertz CT molecular complexity index is 690. The highest BCUT2D eigenvalue weighted by Crippen LogP contribution is 2.21. The average Bonchev–Trinajstić information content (AvgIpc) is 2.61. The molecule has 0 aromatic heterocycles. The molecule has 1 aliphatic rings. The molecule has 1 fully saturated rings. The normalized spacial score (nSPS) is 15.0. The van der Waals surface area contributed by atoms with Gasteiger partial charge in [-0.15, -0.1) is 0 Å². The average molecular weight is 311 g/mol. The van der Waals surface area contributed by atoms with Gasteiger partial charge in [0.1, 0.15) is 0 Å². The van der Waals surface area contributed by atoms with Crippen LogP contribution in [0, 0.1) is 10.1 Å². The van der Waals surface area contributed by atoms with Crippen molar-refractivity contribution in [3.63, 3.8) is 0 Å². The zero-order chi connectivity index (χ0) is 16.1. The Labute approximate surface area is 134 Å². The van der Waals surface area contributed by atoms with Gasteiger partial charge in [0, 0.05) is 37.1 Å². The van der Waals surface area contributed by atoms with Crippen molar-refractivity contribution >= 4 is 23.3 Å². The SMILES string of the molecule is O=[N+]([O-])c1ccc(C=Nc2ccc(N3CCOCC3)cc2)cc1. The fourth-order valence-corrected chi connectivity index (χ4v) is 2.40. The molecule has 118 valence electrons. The van der Waals surface area contributed by atoms with Crippen molar-refractivity contribution in [1.82, 2.24) is 0 Å². The van der Waals surface area contributed by atoms with E-state index in [2.05, 4.69) is 9.89 Å². The summed E-state index contributed by atoms with van der Waals surface area (Å²) in [5.41, 5.74) is 2.92. The monoisotopic (exact) mass is 311 g/mol. The summed E-state index contributed by atoms with van der Waals surface area (Å²) in [6.45, 7) is 3.34. The van der Waals surface area contributed by atoms with Crippen molar-refractivity contribution in [3.05, 3.63) is 64.2 Å². The molecule has 1 aliphatic heterocycles. The lowest BCUT2D eigenvalue weighted by Gasteiger charge is -2.28. The van der Waals surface area contributed by atoms with Crippen LogP contribution in [0.1, 0.15) is 5.56 Å². The minimum absolute atomic E-state index is 0.0806. The van der Waals surface area contributed by atoms with E-state index in [-0.39, 0.29) is 5.69 Å². The maximum atomic E-state index is 10.6. The molecule has 0 bridgehead atoms. The van der Waals surface area contributed by atoms with E-state index in [1.807, 2.05) is 24.3 Å². The number of nitro benzene ring substituents is 1. The summed E-state index contributed by atoms with van der Waals surface area (Å²) in [6, 6.07) is 14.3. The van der Waals surface area contributed by atoms with Crippen LogP contribution in [0.5, 0.6) is 0 Å². The molecule has 2 aromatic carbocycles. The van der Waals surface area contributed by atoms with Gasteiger partial charge < -0.3 is 9.64 Å². The van der Waals surface area contributed by atoms with E-state index < -0.39 is 4.92 Å². The molecule has 0 atom stereocenters. The van der Waals surface area contributed by atoms with Gasteiger partial charge in [-0.2, -0.15) is 0 Å². The van der Waals surface area contributed by atoms with E-state index in [0.717, 1.165) is 37.6 Å². The van der Waals surface area contributed by atoms with Crippen molar-refractivity contribution in [2.45, 2.75) is 0 Å². The molecule has 6 nitrogen and oxygen atoms in total. The first-order chi connectivity index (χ1) is 11.2. The third-order valence-electron chi connectivity index (χ3n) is 3.69. The highest BCUT2D eigenvalue weighted by atomic mass is 16.6. The second-order valence-electron chi connectivity index (χ2n) is 5.22. The highest BCUT2D eigenvalue weighted by molar-refractivity contribution is 5.82. The molecule has 0 aliphatic carbocycles. The van der Waals surface area contributed by atoms with Crippen LogP contribution >= 0.6 is 0 Å². The molecule has 0 saturated carbocycles. The van der Waals surface area contributed by atoms with Gasteiger partial charge in [-0.3, -0.25) is 15.1 Å². The summed E-state index contributed by atoms with van der Waals surface area (Å²) in [4.78, 5) is 16.9. The van der Waals surface area contributed by atoms with Crippen LogP contribution in [0.25, 0.3) is 0 Å². The summed E-state index contributed by atoms with van der Waals surface area (Å²) in [5.74, 6) is 0. The van der Waals surface area contributed by atoms with E-state index in [1.54, 1.807) is 18.3 Å². The van der Waals surface area contributed by atoms with Crippen LogP contribution in [0.15, 0.2) is 53.5 Å². The molecule has 0 unspecified atom stereocenters. The second-order valence-corrected chi connectivity index (χ2v) is 5.22. The number of anilines is 1. The van der Waals surface area contributed by atoms with Crippen LogP contribution in [0.3, 0.4) is 0 Å². The Hall–Kier alpha value is -2.73. The Morgan fingerprint density at radius 1 is 1.04 bits per heavy atom. The van der Waals surface area contributed by atoms with Crippen molar-refractivity contribution in [3.8, 4) is 0 Å². The molecule has 2 aromatic rings. The molecule has 3 rings (SSSR count). The fourth-order valence-electron chi connectivity index (χ4n) is 2.40. The first kappa shape index (κ1) is 15.2. The number of nitrogens with zero attached hydrogens (tertiary/aromatic N) is 3. The van der Waals surface area contributed by atoms with E-state index in [4.69, 9.17) is 4.74 Å². The van der Waals surface area contributed by atoms with Crippen molar-refractivity contribution in [2.24, 2.45) is 4.99 Å². The number of rotatable bonds is 4. The van der Waals surface area contributed by atoms with Crippen LogP contribution < -0.4 is 4.90 Å². The van der Waals surface area contributed by atoms with Crippen LogP contribution in [-0.4, -0.2) is 37.4 Å². The lowest BCUT2D eigenvalue weighted by atomic mass is 10.2. The Kier molecular flexibility index (Phi) is 4.63. The predicted octanol–water partition coefficient (Wildman–Crippen LogP) is 3.18. The largest absolute Gasteiger partial charge is 0.378 e. The highest BCUT2D eigenvalue weighted by Gasteiger charge is 2.10. The summed E-state index contributed by atoms with van der Waals surface area (Å²) >= 11 is 0. The number of nitro groups is 1. The second kappa shape index (κ2) is 7.02. The number of ether oxygens (including phenoxy) is 1. The van der Waals surface area contributed by atoms with E-state index in [0.29, 0.717) is 0 Å². The minimum atomic E-state index is -0.411. The standard InChI is InChI=1S/C17H17N3O3/c21-20(22)17-5-1-14(2-6-17)13-18-15-3-7-16(8-4-15)19-9-11-23-12-10-19/h1-8,13H,9-12H2. The zero-order valence-corrected chi connectivity index (χ0v) is 12.6. The lowest BCUT2D eigenvalue weighted by Crippen LogP contribution is -2.36. The molecule has 0 N–H and O–H groups in total. The van der Waals surface area contributed by atoms with Gasteiger partial charge in [0.05, 0.1) is 23.8 Å². The Balaban J connectivity index is 1.66. The molecule has 23 heavy (non-hydrogen) atoms. The van der Waals surface area contributed by atoms with Gasteiger partial charge in [0.15, 0.2) is 0 Å². The quantitative estimate of drug-likeness (QED) is 0.494. The molecule has 0 radical (unpaired) electrons. The molecule has 1 heterocycles. The molecule has 0 spiro atoms. The first-order valence-electron chi connectivity index (χ1n) is 7.44. The fraction of sp³-hybridized carbons (Fsp3) is 0.235. The molecule has 1 saturated heterocycles. The molecular weight excluding hydrogens is 294 g/mol. The van der Waals surface area contributed by atoms with Crippen LogP contribution in [0.4, 0.5) is 17.1 Å². The van der Waals surface area contributed by atoms with Crippen LogP contribution in [0.2, 0.25) is 0 Å². The Morgan fingerprint density at radius 2 is 1.70 bits per heavy atom. The van der Waals surface area contributed by atoms with E-state index in [1.165, 1.54) is 17.8 Å². The zero-order valence-electron chi connectivity index (χ0n) is 12.6. The number of aliphatic imine (C=N–C) groups is 1. The Morgan fingerprint density at radius 3 is 2.30 bits per heavy atom. The van der Waals surface area contributed by atoms with Gasteiger partial charge in [0.2, 0.25) is 0 Å². The lowest BCUT2D eigenvalue weighted by molar-refractivity contribution is -0.384. The minimum Gasteiger partial charge on any atom is -0.378 e. The summed E-state index contributed by atoms with van der Waals surface area (Å²) in [7, 11) is 0. The first-order valence-corrected chi connectivity index (χ1v) is 7.44. The molecule has 6 heteroatoms. The van der Waals surface area contributed by atoms with Crippen LogP contribution in [-0.2, 0) is 4.74 Å². The molecular formula is C17H17N3O3. The van der Waals surface area contributed by atoms with Crippen molar-refractivity contribution in [2.75, 3.05) is 31.2 Å². The number of hydrogen-bond donors (Lipinski definition) is 0. The van der Waals surface area contributed by atoms with Gasteiger partial charge in [-0.1, -0.05) is 0 Å². The van der Waals surface area contributed by atoms with Gasteiger partial charge in [-0.05, 0) is 42.0 Å². The van der Waals surface area contributed by atoms with Gasteiger partial charge >= 0.3 is 0 Å². The topological polar surface area (TPSA) is 68.0 Å². The number of hydrogen-bond acceptors (Lipinski definition) is 5. The molecule has 0 amide bonds. The summed E-state index contributed by atoms with van der Waals surface area (Å²) < 4.78 is 5.35. The van der Waals surface area contributed by atoms with Crippen molar-refractivity contribution < 1.29 is 9.66 Å². The van der Waals surface area contributed by atoms with Crippen molar-refractivity contribution in [1.29, 1.82) is 0 Å². The van der Waals surface area contributed by atoms with E-state index >= 15 is 0 Å². The smallest absolute Gasteiger partial charge is 0.269 e. The maximum absolute atomic E-state index is 10.6.